The Morgan fingerprint density at radius 1 is 1.35 bits per heavy atom. The first-order chi connectivity index (χ1) is 8.29. The summed E-state index contributed by atoms with van der Waals surface area (Å²) < 4.78 is 5.32. The average Bonchev–Trinajstić information content (AvgIpc) is 2.82. The van der Waals surface area contributed by atoms with Crippen LogP contribution >= 0.6 is 23.4 Å². The summed E-state index contributed by atoms with van der Waals surface area (Å²) in [5.41, 5.74) is 1.26. The summed E-state index contributed by atoms with van der Waals surface area (Å²) in [5.74, 6) is 1.80. The van der Waals surface area contributed by atoms with Gasteiger partial charge in [-0.1, -0.05) is 17.7 Å². The molecule has 1 heterocycles. The first-order valence-corrected chi connectivity index (χ1v) is 6.74. The first-order valence-electron chi connectivity index (χ1n) is 5.38. The van der Waals surface area contributed by atoms with E-state index in [4.69, 9.17) is 16.0 Å². The number of thioether (sulfide) groups is 1. The number of halogens is 1. The Morgan fingerprint density at radius 3 is 2.94 bits per heavy atom. The van der Waals surface area contributed by atoms with Gasteiger partial charge in [-0.15, -0.1) is 11.8 Å². The van der Waals surface area contributed by atoms with Gasteiger partial charge in [0.1, 0.15) is 5.76 Å². The van der Waals surface area contributed by atoms with E-state index >= 15 is 0 Å². The smallest absolute Gasteiger partial charge is 0.113 e. The summed E-state index contributed by atoms with van der Waals surface area (Å²) >= 11 is 7.76. The van der Waals surface area contributed by atoms with E-state index in [0.29, 0.717) is 0 Å². The van der Waals surface area contributed by atoms with Crippen molar-refractivity contribution >= 4 is 23.4 Å². The van der Waals surface area contributed by atoms with Crippen LogP contribution in [0.1, 0.15) is 11.3 Å². The topological polar surface area (TPSA) is 25.2 Å². The lowest BCUT2D eigenvalue weighted by molar-refractivity contribution is 0.530. The maximum absolute atomic E-state index is 6.02. The van der Waals surface area contributed by atoms with E-state index in [0.717, 1.165) is 23.1 Å². The molecule has 17 heavy (non-hydrogen) atoms. The Kier molecular flexibility index (Phi) is 4.54. The minimum absolute atomic E-state index is 0.770. The third-order valence-electron chi connectivity index (χ3n) is 2.35. The van der Waals surface area contributed by atoms with E-state index in [1.165, 1.54) is 10.5 Å². The quantitative estimate of drug-likeness (QED) is 0.831. The minimum atomic E-state index is 0.770. The van der Waals surface area contributed by atoms with Gasteiger partial charge in [-0.3, -0.25) is 0 Å². The Labute approximate surface area is 110 Å². The van der Waals surface area contributed by atoms with E-state index in [1.54, 1.807) is 18.0 Å². The molecule has 90 valence electrons. The molecule has 0 radical (unpaired) electrons. The lowest BCUT2D eigenvalue weighted by Crippen LogP contribution is -2.06. The van der Waals surface area contributed by atoms with Crippen LogP contribution in [-0.4, -0.2) is 7.05 Å². The van der Waals surface area contributed by atoms with Crippen molar-refractivity contribution in [2.45, 2.75) is 17.2 Å². The van der Waals surface area contributed by atoms with Crippen molar-refractivity contribution < 1.29 is 4.42 Å². The number of furan rings is 1. The molecule has 0 aliphatic carbocycles. The predicted octanol–water partition coefficient (Wildman–Crippen LogP) is 3.94. The Balaban J connectivity index is 2.10. The highest BCUT2D eigenvalue weighted by Crippen LogP contribution is 2.29. The molecule has 2 nitrogen and oxygen atoms in total. The molecule has 0 saturated heterocycles. The molecule has 0 aliphatic heterocycles. The van der Waals surface area contributed by atoms with Gasteiger partial charge in [-0.2, -0.15) is 0 Å². The molecular weight excluding hydrogens is 254 g/mol. The molecule has 0 atom stereocenters. The first kappa shape index (κ1) is 12.6. The second-order valence-corrected chi connectivity index (χ2v) is 5.10. The van der Waals surface area contributed by atoms with Gasteiger partial charge >= 0.3 is 0 Å². The van der Waals surface area contributed by atoms with Crippen molar-refractivity contribution in [3.05, 3.63) is 52.9 Å². The molecule has 0 bridgehead atoms. The maximum Gasteiger partial charge on any atom is 0.113 e. The molecule has 0 saturated carbocycles. The van der Waals surface area contributed by atoms with E-state index in [9.17, 15) is 0 Å². The van der Waals surface area contributed by atoms with Crippen molar-refractivity contribution in [2.75, 3.05) is 7.05 Å². The summed E-state index contributed by atoms with van der Waals surface area (Å²) in [5, 5.41) is 3.93. The van der Waals surface area contributed by atoms with E-state index in [2.05, 4.69) is 11.4 Å². The Bertz CT molecular complexity index is 470. The summed E-state index contributed by atoms with van der Waals surface area (Å²) in [6, 6.07) is 9.87. The standard InChI is InChI=1S/C13H14ClNOS/c1-15-8-10-4-5-11(14)7-13(10)17-9-12-3-2-6-16-12/h2-7,15H,8-9H2,1H3. The number of hydrogen-bond acceptors (Lipinski definition) is 3. The van der Waals surface area contributed by atoms with E-state index < -0.39 is 0 Å². The number of rotatable bonds is 5. The Morgan fingerprint density at radius 2 is 2.24 bits per heavy atom. The zero-order valence-electron chi connectivity index (χ0n) is 9.57. The number of hydrogen-bond donors (Lipinski definition) is 1. The molecule has 0 fully saturated rings. The van der Waals surface area contributed by atoms with Crippen LogP contribution in [0, 0.1) is 0 Å². The van der Waals surface area contributed by atoms with Gasteiger partial charge < -0.3 is 9.73 Å². The zero-order valence-corrected chi connectivity index (χ0v) is 11.1. The van der Waals surface area contributed by atoms with Gasteiger partial charge in [0.2, 0.25) is 0 Å². The van der Waals surface area contributed by atoms with Crippen LogP contribution in [0.25, 0.3) is 0 Å². The van der Waals surface area contributed by atoms with Crippen LogP contribution in [0.5, 0.6) is 0 Å². The fourth-order valence-electron chi connectivity index (χ4n) is 1.54. The highest BCUT2D eigenvalue weighted by atomic mass is 35.5. The van der Waals surface area contributed by atoms with Gasteiger partial charge in [0, 0.05) is 16.5 Å². The molecule has 0 amide bonds. The molecule has 0 spiro atoms. The lowest BCUT2D eigenvalue weighted by Gasteiger charge is -2.08. The average molecular weight is 268 g/mol. The summed E-state index contributed by atoms with van der Waals surface area (Å²) in [4.78, 5) is 1.20. The highest BCUT2D eigenvalue weighted by molar-refractivity contribution is 7.98. The summed E-state index contributed by atoms with van der Waals surface area (Å²) in [6.07, 6.45) is 1.70. The predicted molar refractivity (Wildman–Crippen MR) is 72.5 cm³/mol. The van der Waals surface area contributed by atoms with Gasteiger partial charge in [0.05, 0.1) is 12.0 Å². The van der Waals surface area contributed by atoms with Crippen molar-refractivity contribution in [2.24, 2.45) is 0 Å². The van der Waals surface area contributed by atoms with Crippen molar-refractivity contribution in [1.82, 2.24) is 5.32 Å². The molecule has 1 aromatic heterocycles. The van der Waals surface area contributed by atoms with Crippen LogP contribution in [0.15, 0.2) is 45.9 Å². The summed E-state index contributed by atoms with van der Waals surface area (Å²) in [7, 11) is 1.94. The van der Waals surface area contributed by atoms with Gasteiger partial charge in [0.25, 0.3) is 0 Å². The van der Waals surface area contributed by atoms with Crippen LogP contribution in [-0.2, 0) is 12.3 Å². The monoisotopic (exact) mass is 267 g/mol. The molecule has 2 rings (SSSR count). The van der Waals surface area contributed by atoms with Crippen LogP contribution in [0.2, 0.25) is 5.02 Å². The molecule has 4 heteroatoms. The van der Waals surface area contributed by atoms with Crippen molar-refractivity contribution in [3.63, 3.8) is 0 Å². The van der Waals surface area contributed by atoms with E-state index in [1.807, 2.05) is 31.3 Å². The van der Waals surface area contributed by atoms with Crippen LogP contribution < -0.4 is 5.32 Å². The third-order valence-corrected chi connectivity index (χ3v) is 3.70. The van der Waals surface area contributed by atoms with E-state index in [-0.39, 0.29) is 0 Å². The SMILES string of the molecule is CNCc1ccc(Cl)cc1SCc1ccco1. The normalized spacial score (nSPS) is 10.7. The van der Waals surface area contributed by atoms with Gasteiger partial charge in [0.15, 0.2) is 0 Å². The lowest BCUT2D eigenvalue weighted by atomic mass is 10.2. The zero-order chi connectivity index (χ0) is 12.1. The molecule has 0 unspecified atom stereocenters. The van der Waals surface area contributed by atoms with Crippen molar-refractivity contribution in [1.29, 1.82) is 0 Å². The fourth-order valence-corrected chi connectivity index (χ4v) is 2.78. The molecule has 0 aliphatic rings. The number of nitrogens with one attached hydrogen (secondary N) is 1. The highest BCUT2D eigenvalue weighted by Gasteiger charge is 2.05. The van der Waals surface area contributed by atoms with Crippen molar-refractivity contribution in [3.8, 4) is 0 Å². The number of benzene rings is 1. The van der Waals surface area contributed by atoms with Gasteiger partial charge in [-0.25, -0.2) is 0 Å². The fraction of sp³-hybridized carbons (Fsp3) is 0.231. The summed E-state index contributed by atoms with van der Waals surface area (Å²) in [6.45, 7) is 0.845. The molecule has 2 aromatic rings. The van der Waals surface area contributed by atoms with Crippen LogP contribution in [0.4, 0.5) is 0 Å². The molecular formula is C13H14ClNOS. The molecule has 1 aromatic carbocycles. The van der Waals surface area contributed by atoms with Gasteiger partial charge in [-0.05, 0) is 36.9 Å². The third kappa shape index (κ3) is 3.53. The Hall–Kier alpha value is -0.900. The van der Waals surface area contributed by atoms with Crippen LogP contribution in [0.3, 0.4) is 0 Å². The minimum Gasteiger partial charge on any atom is -0.468 e. The largest absolute Gasteiger partial charge is 0.468 e. The molecule has 1 N–H and O–H groups in total. The maximum atomic E-state index is 6.02. The second-order valence-electron chi connectivity index (χ2n) is 3.65. The second kappa shape index (κ2) is 6.15.